The Hall–Kier alpha value is -2.84. The average Bonchev–Trinajstić information content (AvgIpc) is 3.19. The van der Waals surface area contributed by atoms with Gasteiger partial charge in [0, 0.05) is 31.7 Å². The fourth-order valence-corrected chi connectivity index (χ4v) is 3.70. The van der Waals surface area contributed by atoms with E-state index in [9.17, 15) is 4.39 Å². The SMILES string of the molecule is COc1ccc(Cn2nnnc2[C@@H](c2ccccc2F)N2CCN(C)CC2)cc1. The molecule has 1 saturated heterocycles. The minimum atomic E-state index is -0.335. The summed E-state index contributed by atoms with van der Waals surface area (Å²) < 4.78 is 21.8. The second kappa shape index (κ2) is 8.67. The van der Waals surface area contributed by atoms with Gasteiger partial charge < -0.3 is 9.64 Å². The van der Waals surface area contributed by atoms with Crippen LogP contribution in [0.3, 0.4) is 0 Å². The van der Waals surface area contributed by atoms with Gasteiger partial charge in [0.2, 0.25) is 0 Å². The zero-order chi connectivity index (χ0) is 20.2. The number of hydrogen-bond donors (Lipinski definition) is 0. The van der Waals surface area contributed by atoms with Gasteiger partial charge >= 0.3 is 0 Å². The van der Waals surface area contributed by atoms with Crippen LogP contribution in [0.4, 0.5) is 4.39 Å². The monoisotopic (exact) mass is 396 g/mol. The Morgan fingerprint density at radius 1 is 1.03 bits per heavy atom. The van der Waals surface area contributed by atoms with E-state index in [1.807, 2.05) is 36.4 Å². The van der Waals surface area contributed by atoms with E-state index in [4.69, 9.17) is 4.74 Å². The van der Waals surface area contributed by atoms with Crippen molar-refractivity contribution in [1.29, 1.82) is 0 Å². The zero-order valence-electron chi connectivity index (χ0n) is 16.7. The number of ether oxygens (including phenoxy) is 1. The van der Waals surface area contributed by atoms with Crippen LogP contribution in [0.5, 0.6) is 5.75 Å². The fourth-order valence-electron chi connectivity index (χ4n) is 3.70. The summed E-state index contributed by atoms with van der Waals surface area (Å²) in [6, 6.07) is 14.3. The molecule has 0 spiro atoms. The van der Waals surface area contributed by atoms with E-state index < -0.39 is 0 Å². The van der Waals surface area contributed by atoms with Crippen LogP contribution in [0.1, 0.15) is 23.0 Å². The van der Waals surface area contributed by atoms with Gasteiger partial charge in [-0.05, 0) is 41.2 Å². The highest BCUT2D eigenvalue weighted by Gasteiger charge is 2.31. The molecular weight excluding hydrogens is 371 g/mol. The molecule has 2 heterocycles. The molecule has 0 bridgehead atoms. The van der Waals surface area contributed by atoms with Gasteiger partial charge in [-0.2, -0.15) is 0 Å². The van der Waals surface area contributed by atoms with E-state index in [0.29, 0.717) is 17.9 Å². The molecule has 1 fully saturated rings. The molecule has 8 heteroatoms. The van der Waals surface area contributed by atoms with Gasteiger partial charge in [0.1, 0.15) is 17.6 Å². The molecule has 1 atom stereocenters. The van der Waals surface area contributed by atoms with Gasteiger partial charge in [-0.25, -0.2) is 9.07 Å². The Kier molecular flexibility index (Phi) is 5.82. The molecule has 152 valence electrons. The highest BCUT2D eigenvalue weighted by atomic mass is 19.1. The van der Waals surface area contributed by atoms with Gasteiger partial charge in [-0.3, -0.25) is 4.90 Å². The molecule has 7 nitrogen and oxygen atoms in total. The minimum Gasteiger partial charge on any atom is -0.497 e. The molecule has 29 heavy (non-hydrogen) atoms. The van der Waals surface area contributed by atoms with Gasteiger partial charge in [0.05, 0.1) is 13.7 Å². The summed E-state index contributed by atoms with van der Waals surface area (Å²) in [4.78, 5) is 4.53. The van der Waals surface area contributed by atoms with Gasteiger partial charge in [0.25, 0.3) is 0 Å². The first kappa shape index (κ1) is 19.5. The first-order valence-electron chi connectivity index (χ1n) is 9.71. The van der Waals surface area contributed by atoms with Crippen molar-refractivity contribution in [3.63, 3.8) is 0 Å². The molecule has 0 aliphatic carbocycles. The topological polar surface area (TPSA) is 59.3 Å². The first-order chi connectivity index (χ1) is 14.2. The quantitative estimate of drug-likeness (QED) is 0.637. The lowest BCUT2D eigenvalue weighted by Crippen LogP contribution is -2.47. The van der Waals surface area contributed by atoms with Crippen molar-refractivity contribution in [2.75, 3.05) is 40.3 Å². The average molecular weight is 396 g/mol. The van der Waals surface area contributed by atoms with E-state index in [-0.39, 0.29) is 11.9 Å². The van der Waals surface area contributed by atoms with Crippen LogP contribution in [-0.2, 0) is 6.54 Å². The molecule has 1 aromatic heterocycles. The van der Waals surface area contributed by atoms with Crippen LogP contribution >= 0.6 is 0 Å². The second-order valence-corrected chi connectivity index (χ2v) is 7.31. The van der Waals surface area contributed by atoms with Crippen LogP contribution in [0.15, 0.2) is 48.5 Å². The number of likely N-dealkylation sites (N-methyl/N-ethyl adjacent to an activating group) is 1. The second-order valence-electron chi connectivity index (χ2n) is 7.31. The summed E-state index contributed by atoms with van der Waals surface area (Å²) in [5.41, 5.74) is 1.65. The van der Waals surface area contributed by atoms with E-state index in [1.54, 1.807) is 17.9 Å². The maximum Gasteiger partial charge on any atom is 0.173 e. The third-order valence-corrected chi connectivity index (χ3v) is 5.40. The van der Waals surface area contributed by atoms with Crippen molar-refractivity contribution in [2.24, 2.45) is 0 Å². The van der Waals surface area contributed by atoms with E-state index in [1.165, 1.54) is 6.07 Å². The van der Waals surface area contributed by atoms with Crippen molar-refractivity contribution < 1.29 is 9.13 Å². The highest BCUT2D eigenvalue weighted by Crippen LogP contribution is 2.30. The van der Waals surface area contributed by atoms with Crippen LogP contribution in [-0.4, -0.2) is 70.3 Å². The summed E-state index contributed by atoms with van der Waals surface area (Å²) in [5.74, 6) is 1.21. The molecule has 0 saturated carbocycles. The summed E-state index contributed by atoms with van der Waals surface area (Å²) in [5, 5.41) is 12.4. The molecule has 0 radical (unpaired) electrons. The number of aromatic nitrogens is 4. The van der Waals surface area contributed by atoms with Gasteiger partial charge in [0.15, 0.2) is 5.82 Å². The number of methoxy groups -OCH3 is 1. The predicted octanol–water partition coefficient (Wildman–Crippen LogP) is 2.21. The fraction of sp³-hybridized carbons (Fsp3) is 0.381. The molecule has 2 aromatic carbocycles. The molecule has 1 aliphatic heterocycles. The van der Waals surface area contributed by atoms with Crippen molar-refractivity contribution in [3.05, 3.63) is 71.3 Å². The minimum absolute atomic E-state index is 0.240. The van der Waals surface area contributed by atoms with Crippen molar-refractivity contribution in [1.82, 2.24) is 30.0 Å². The predicted molar refractivity (Wildman–Crippen MR) is 107 cm³/mol. The standard InChI is InChI=1S/C21H25FN6O/c1-26-11-13-27(14-12-26)20(18-5-3-4-6-19(18)22)21-23-24-25-28(21)15-16-7-9-17(29-2)10-8-16/h3-10,20H,11-15H2,1-2H3/t20-/m1/s1. The number of hydrogen-bond acceptors (Lipinski definition) is 6. The van der Waals surface area contributed by atoms with Crippen LogP contribution in [0.25, 0.3) is 0 Å². The molecule has 4 rings (SSSR count). The third kappa shape index (κ3) is 4.28. The summed E-state index contributed by atoms with van der Waals surface area (Å²) >= 11 is 0. The van der Waals surface area contributed by atoms with Crippen LogP contribution in [0, 0.1) is 5.82 Å². The van der Waals surface area contributed by atoms with Crippen LogP contribution in [0.2, 0.25) is 0 Å². The highest BCUT2D eigenvalue weighted by molar-refractivity contribution is 5.29. The lowest BCUT2D eigenvalue weighted by molar-refractivity contribution is 0.120. The summed E-state index contributed by atoms with van der Waals surface area (Å²) in [6.45, 7) is 4.00. The smallest absolute Gasteiger partial charge is 0.173 e. The molecule has 3 aromatic rings. The first-order valence-corrected chi connectivity index (χ1v) is 9.71. The van der Waals surface area contributed by atoms with Gasteiger partial charge in [-0.1, -0.05) is 30.3 Å². The maximum absolute atomic E-state index is 14.8. The number of nitrogens with zero attached hydrogens (tertiary/aromatic N) is 6. The number of tetrazole rings is 1. The molecule has 0 unspecified atom stereocenters. The maximum atomic E-state index is 14.8. The Morgan fingerprint density at radius 3 is 2.45 bits per heavy atom. The van der Waals surface area contributed by atoms with Gasteiger partial charge in [-0.15, -0.1) is 5.10 Å². The summed E-state index contributed by atoms with van der Waals surface area (Å²) in [7, 11) is 3.74. The number of rotatable bonds is 6. The van der Waals surface area contributed by atoms with E-state index in [0.717, 1.165) is 37.5 Å². The Balaban J connectivity index is 1.68. The number of benzene rings is 2. The van der Waals surface area contributed by atoms with Crippen LogP contribution < -0.4 is 4.74 Å². The zero-order valence-corrected chi connectivity index (χ0v) is 16.7. The molecule has 0 amide bonds. The lowest BCUT2D eigenvalue weighted by atomic mass is 10.0. The third-order valence-electron chi connectivity index (χ3n) is 5.40. The van der Waals surface area contributed by atoms with Crippen molar-refractivity contribution in [3.8, 4) is 5.75 Å². The summed E-state index contributed by atoms with van der Waals surface area (Å²) in [6.07, 6.45) is 0. The molecule has 0 N–H and O–H groups in total. The van der Waals surface area contributed by atoms with Crippen molar-refractivity contribution in [2.45, 2.75) is 12.6 Å². The normalized spacial score (nSPS) is 16.7. The largest absolute Gasteiger partial charge is 0.497 e. The lowest BCUT2D eigenvalue weighted by Gasteiger charge is -2.37. The van der Waals surface area contributed by atoms with E-state index >= 15 is 0 Å². The molecular formula is C21H25FN6O. The number of halogens is 1. The Morgan fingerprint density at radius 2 is 1.76 bits per heavy atom. The Labute approximate surface area is 169 Å². The number of piperazine rings is 1. The van der Waals surface area contributed by atoms with E-state index in [2.05, 4.69) is 32.4 Å². The van der Waals surface area contributed by atoms with Crippen molar-refractivity contribution >= 4 is 0 Å². The Bertz CT molecular complexity index is 936. The molecule has 1 aliphatic rings.